The minimum absolute atomic E-state index is 0.0752. The maximum absolute atomic E-state index is 13.0. The number of rotatable bonds is 7. The minimum atomic E-state index is -4.17. The van der Waals surface area contributed by atoms with Crippen LogP contribution in [0.25, 0.3) is 0 Å². The number of non-ortho nitro benzene ring substituents is 1. The zero-order valence-electron chi connectivity index (χ0n) is 16.9. The third kappa shape index (κ3) is 5.07. The van der Waals surface area contributed by atoms with Gasteiger partial charge in [-0.1, -0.05) is 48.5 Å². The van der Waals surface area contributed by atoms with Gasteiger partial charge in [-0.2, -0.15) is 0 Å². The number of carbonyl (C=O) groups is 1. The Hall–Kier alpha value is -3.72. The smallest absolute Gasteiger partial charge is 0.270 e. The maximum atomic E-state index is 13.0. The summed E-state index contributed by atoms with van der Waals surface area (Å²) in [5, 5.41) is 13.9. The lowest BCUT2D eigenvalue weighted by Crippen LogP contribution is -2.28. The van der Waals surface area contributed by atoms with Crippen LogP contribution in [0.4, 0.5) is 11.4 Å². The Bertz CT molecular complexity index is 1230. The molecule has 0 aliphatic carbocycles. The topological polar surface area (TPSA) is 118 Å². The van der Waals surface area contributed by atoms with E-state index in [0.29, 0.717) is 5.56 Å². The number of carbonyl (C=O) groups excluding carboxylic acids is 1. The number of aryl methyl sites for hydroxylation is 1. The molecule has 0 fully saturated rings. The van der Waals surface area contributed by atoms with E-state index in [1.165, 1.54) is 24.3 Å². The molecule has 8 nitrogen and oxygen atoms in total. The molecule has 0 aliphatic rings. The van der Waals surface area contributed by atoms with E-state index in [4.69, 9.17) is 0 Å². The van der Waals surface area contributed by atoms with Crippen molar-refractivity contribution in [3.05, 3.63) is 99.6 Å². The van der Waals surface area contributed by atoms with E-state index in [2.05, 4.69) is 10.0 Å². The number of nitro benzene ring substituents is 1. The fraction of sp³-hybridized carbons (Fsp3) is 0.136. The van der Waals surface area contributed by atoms with Crippen molar-refractivity contribution in [1.82, 2.24) is 5.32 Å². The molecule has 0 saturated carbocycles. The Morgan fingerprint density at radius 1 is 1.00 bits per heavy atom. The van der Waals surface area contributed by atoms with Crippen LogP contribution >= 0.6 is 0 Å². The monoisotopic (exact) mass is 439 g/mol. The van der Waals surface area contributed by atoms with Gasteiger partial charge in [0.25, 0.3) is 21.6 Å². The molecule has 1 amide bonds. The predicted octanol–water partition coefficient (Wildman–Crippen LogP) is 4.20. The number of hydrogen-bond donors (Lipinski definition) is 2. The molecule has 2 N–H and O–H groups in total. The Kier molecular flexibility index (Phi) is 6.36. The largest absolute Gasteiger partial charge is 0.345 e. The first-order valence-electron chi connectivity index (χ1n) is 9.42. The highest BCUT2D eigenvalue weighted by molar-refractivity contribution is 7.92. The van der Waals surface area contributed by atoms with Crippen molar-refractivity contribution < 1.29 is 18.1 Å². The number of sulfonamides is 1. The molecule has 0 aromatic heterocycles. The van der Waals surface area contributed by atoms with Gasteiger partial charge in [0.1, 0.15) is 0 Å². The van der Waals surface area contributed by atoms with Gasteiger partial charge in [0.2, 0.25) is 0 Å². The van der Waals surface area contributed by atoms with Crippen molar-refractivity contribution in [1.29, 1.82) is 0 Å². The summed E-state index contributed by atoms with van der Waals surface area (Å²) in [5.74, 6) is -0.453. The summed E-state index contributed by atoms with van der Waals surface area (Å²) in [4.78, 5) is 23.0. The van der Waals surface area contributed by atoms with Gasteiger partial charge in [0.05, 0.1) is 27.1 Å². The van der Waals surface area contributed by atoms with Crippen LogP contribution in [0.5, 0.6) is 0 Å². The van der Waals surface area contributed by atoms with Crippen LogP contribution in [0, 0.1) is 17.0 Å². The number of amides is 1. The number of nitro groups is 1. The lowest BCUT2D eigenvalue weighted by molar-refractivity contribution is -0.385. The zero-order valence-corrected chi connectivity index (χ0v) is 17.7. The van der Waals surface area contributed by atoms with Gasteiger partial charge >= 0.3 is 0 Å². The number of nitrogens with one attached hydrogen (secondary N) is 2. The summed E-state index contributed by atoms with van der Waals surface area (Å²) in [6, 6.07) is 18.9. The number of hydrogen-bond acceptors (Lipinski definition) is 5. The van der Waals surface area contributed by atoms with Crippen molar-refractivity contribution in [3.8, 4) is 0 Å². The Balaban J connectivity index is 1.89. The number of para-hydroxylation sites is 1. The van der Waals surface area contributed by atoms with Crippen LogP contribution in [-0.4, -0.2) is 19.2 Å². The molecule has 0 heterocycles. The number of anilines is 1. The van der Waals surface area contributed by atoms with Crippen molar-refractivity contribution in [3.63, 3.8) is 0 Å². The van der Waals surface area contributed by atoms with Crippen molar-refractivity contribution in [2.24, 2.45) is 0 Å². The highest BCUT2D eigenvalue weighted by Gasteiger charge is 2.23. The fourth-order valence-corrected chi connectivity index (χ4v) is 4.41. The van der Waals surface area contributed by atoms with E-state index in [0.717, 1.165) is 11.6 Å². The van der Waals surface area contributed by atoms with Crippen molar-refractivity contribution in [2.75, 3.05) is 4.72 Å². The van der Waals surface area contributed by atoms with Gasteiger partial charge in [0.15, 0.2) is 0 Å². The van der Waals surface area contributed by atoms with Crippen LogP contribution in [-0.2, 0) is 10.0 Å². The van der Waals surface area contributed by atoms with E-state index < -0.39 is 20.9 Å². The molecule has 1 atom stereocenters. The third-order valence-corrected chi connectivity index (χ3v) is 6.24. The highest BCUT2D eigenvalue weighted by Crippen LogP contribution is 2.26. The van der Waals surface area contributed by atoms with Crippen molar-refractivity contribution in [2.45, 2.75) is 24.8 Å². The van der Waals surface area contributed by atoms with Gasteiger partial charge in [-0.15, -0.1) is 0 Å². The molecule has 9 heteroatoms. The quantitative estimate of drug-likeness (QED) is 0.423. The van der Waals surface area contributed by atoms with Gasteiger partial charge in [0, 0.05) is 12.1 Å². The van der Waals surface area contributed by atoms with Gasteiger partial charge in [-0.05, 0) is 37.1 Å². The average Bonchev–Trinajstić information content (AvgIpc) is 2.74. The first-order chi connectivity index (χ1) is 14.7. The minimum Gasteiger partial charge on any atom is -0.345 e. The first-order valence-corrected chi connectivity index (χ1v) is 10.9. The summed E-state index contributed by atoms with van der Waals surface area (Å²) in [7, 11) is -4.17. The fourth-order valence-electron chi connectivity index (χ4n) is 3.06. The molecule has 0 bridgehead atoms. The second-order valence-corrected chi connectivity index (χ2v) is 8.61. The summed E-state index contributed by atoms with van der Waals surface area (Å²) in [5.41, 5.74) is 1.12. The molecule has 0 radical (unpaired) electrons. The van der Waals surface area contributed by atoms with E-state index in [1.807, 2.05) is 37.3 Å². The van der Waals surface area contributed by atoms with E-state index in [9.17, 15) is 23.3 Å². The van der Waals surface area contributed by atoms with E-state index in [1.54, 1.807) is 19.1 Å². The summed E-state index contributed by atoms with van der Waals surface area (Å²) in [6.07, 6.45) is 0. The van der Waals surface area contributed by atoms with Crippen LogP contribution in [0.3, 0.4) is 0 Å². The molecule has 3 rings (SSSR count). The molecule has 3 aromatic carbocycles. The van der Waals surface area contributed by atoms with Crippen LogP contribution in [0.2, 0.25) is 0 Å². The molecular weight excluding hydrogens is 418 g/mol. The average molecular weight is 439 g/mol. The first kappa shape index (κ1) is 22.0. The molecule has 3 aromatic rings. The molecule has 0 spiro atoms. The normalized spacial score (nSPS) is 12.1. The Morgan fingerprint density at radius 3 is 2.32 bits per heavy atom. The Morgan fingerprint density at radius 2 is 1.65 bits per heavy atom. The zero-order chi connectivity index (χ0) is 22.6. The molecule has 31 heavy (non-hydrogen) atoms. The molecule has 0 saturated heterocycles. The molecule has 0 unspecified atom stereocenters. The predicted molar refractivity (Wildman–Crippen MR) is 117 cm³/mol. The lowest BCUT2D eigenvalue weighted by Gasteiger charge is -2.17. The highest BCUT2D eigenvalue weighted by atomic mass is 32.2. The number of nitrogens with zero attached hydrogens (tertiary/aromatic N) is 1. The standard InChI is InChI=1S/C22H21N3O5S/c1-15-12-13-18(25(27)28)14-21(15)31(29,30)24-20-11-7-6-10-19(20)22(26)23-16(2)17-8-4-3-5-9-17/h3-14,16,24H,1-2H3,(H,23,26)/t16-/m1/s1. The lowest BCUT2D eigenvalue weighted by atomic mass is 10.1. The maximum Gasteiger partial charge on any atom is 0.270 e. The van der Waals surface area contributed by atoms with Crippen LogP contribution < -0.4 is 10.0 Å². The summed E-state index contributed by atoms with van der Waals surface area (Å²) >= 11 is 0. The summed E-state index contributed by atoms with van der Waals surface area (Å²) < 4.78 is 28.3. The van der Waals surface area contributed by atoms with E-state index in [-0.39, 0.29) is 27.9 Å². The van der Waals surface area contributed by atoms with Gasteiger partial charge in [-0.3, -0.25) is 19.6 Å². The van der Waals surface area contributed by atoms with Crippen LogP contribution in [0.15, 0.2) is 77.7 Å². The molecule has 0 aliphatic heterocycles. The molecular formula is C22H21N3O5S. The number of benzene rings is 3. The molecule has 160 valence electrons. The second-order valence-electron chi connectivity index (χ2n) is 6.96. The second kappa shape index (κ2) is 8.97. The van der Waals surface area contributed by atoms with Gasteiger partial charge in [-0.25, -0.2) is 8.42 Å². The van der Waals surface area contributed by atoms with Gasteiger partial charge < -0.3 is 5.32 Å². The van der Waals surface area contributed by atoms with E-state index >= 15 is 0 Å². The SMILES string of the molecule is Cc1ccc([N+](=O)[O-])cc1S(=O)(=O)Nc1ccccc1C(=O)N[C@H](C)c1ccccc1. The van der Waals surface area contributed by atoms with Crippen LogP contribution in [0.1, 0.15) is 34.5 Å². The Labute approximate surface area is 180 Å². The summed E-state index contributed by atoms with van der Waals surface area (Å²) in [6.45, 7) is 3.37. The third-order valence-electron chi connectivity index (χ3n) is 4.74. The van der Waals surface area contributed by atoms with Crippen molar-refractivity contribution >= 4 is 27.3 Å².